The Balaban J connectivity index is 1.40. The van der Waals surface area contributed by atoms with E-state index in [1.807, 2.05) is 36.4 Å². The third kappa shape index (κ3) is 3.57. The Labute approximate surface area is 160 Å². The number of benzene rings is 2. The van der Waals surface area contributed by atoms with E-state index in [2.05, 4.69) is 27.5 Å². The van der Waals surface area contributed by atoms with Gasteiger partial charge in [-0.1, -0.05) is 48.5 Å². The summed E-state index contributed by atoms with van der Waals surface area (Å²) in [5.41, 5.74) is 4.58. The quantitative estimate of drug-likeness (QED) is 0.683. The Hall–Kier alpha value is -3.68. The molecule has 0 unspecified atom stereocenters. The number of carbonyl (C=O) groups is 2. The molecule has 0 radical (unpaired) electrons. The number of hydrogen-bond acceptors (Lipinski definition) is 5. The van der Waals surface area contributed by atoms with Crippen molar-refractivity contribution in [3.63, 3.8) is 0 Å². The summed E-state index contributed by atoms with van der Waals surface area (Å²) in [5.74, 6) is -0.886. The molecule has 0 fully saturated rings. The van der Waals surface area contributed by atoms with Crippen molar-refractivity contribution in [1.82, 2.24) is 14.8 Å². The lowest BCUT2D eigenvalue weighted by Crippen LogP contribution is -2.18. The Morgan fingerprint density at radius 1 is 1.07 bits per heavy atom. The van der Waals surface area contributed by atoms with Crippen LogP contribution < -0.4 is 5.32 Å². The van der Waals surface area contributed by atoms with Crippen LogP contribution in [-0.4, -0.2) is 38.5 Å². The first kappa shape index (κ1) is 17.7. The van der Waals surface area contributed by atoms with E-state index in [1.54, 1.807) is 0 Å². The number of hydrogen-bond donors (Lipinski definition) is 2. The highest BCUT2D eigenvalue weighted by Gasteiger charge is 2.29. The molecule has 1 aliphatic carbocycles. The maximum Gasteiger partial charge on any atom is 0.414 e. The average molecular weight is 378 g/mol. The van der Waals surface area contributed by atoms with E-state index in [0.29, 0.717) is 0 Å². The smallest absolute Gasteiger partial charge is 0.414 e. The topological polar surface area (TPSA) is 106 Å². The van der Waals surface area contributed by atoms with Crippen LogP contribution in [0.4, 0.5) is 10.7 Å². The molecule has 0 bridgehead atoms. The number of rotatable bonds is 6. The molecule has 142 valence electrons. The Kier molecular flexibility index (Phi) is 4.76. The lowest BCUT2D eigenvalue weighted by molar-refractivity contribution is -0.137. The summed E-state index contributed by atoms with van der Waals surface area (Å²) in [5, 5.41) is 15.2. The van der Waals surface area contributed by atoms with Crippen molar-refractivity contribution < 1.29 is 19.4 Å². The van der Waals surface area contributed by atoms with Crippen LogP contribution in [0, 0.1) is 0 Å². The van der Waals surface area contributed by atoms with Crippen LogP contribution in [-0.2, 0) is 16.1 Å². The minimum absolute atomic E-state index is 0.0285. The van der Waals surface area contributed by atoms with Gasteiger partial charge in [-0.3, -0.25) is 14.8 Å². The maximum atomic E-state index is 12.2. The molecule has 1 amide bonds. The monoisotopic (exact) mass is 378 g/mol. The van der Waals surface area contributed by atoms with Crippen LogP contribution in [0.1, 0.15) is 23.5 Å². The number of ether oxygens (including phenoxy) is 1. The van der Waals surface area contributed by atoms with Gasteiger partial charge in [0.15, 0.2) is 0 Å². The van der Waals surface area contributed by atoms with Crippen LogP contribution in [0.3, 0.4) is 0 Å². The number of fused-ring (bicyclic) bond motifs is 3. The standard InChI is InChI=1S/C20H18N4O4/c25-18(26)9-10-24-12-21-19(23-24)22-20(27)28-11-17-15-7-3-1-5-13(15)14-6-2-4-8-16(14)17/h1-8,12,17H,9-11H2,(H,25,26)(H,22,23,27). The van der Waals surface area contributed by atoms with Crippen LogP contribution in [0.25, 0.3) is 11.1 Å². The van der Waals surface area contributed by atoms with Gasteiger partial charge in [0.05, 0.1) is 13.0 Å². The summed E-state index contributed by atoms with van der Waals surface area (Å²) in [6, 6.07) is 16.2. The van der Waals surface area contributed by atoms with E-state index in [0.717, 1.165) is 22.3 Å². The number of carboxylic acid groups (broad SMARTS) is 1. The molecule has 8 nitrogen and oxygen atoms in total. The van der Waals surface area contributed by atoms with Crippen molar-refractivity contribution in [1.29, 1.82) is 0 Å². The van der Waals surface area contributed by atoms with E-state index >= 15 is 0 Å². The molecule has 2 aromatic carbocycles. The van der Waals surface area contributed by atoms with E-state index in [-0.39, 0.29) is 31.4 Å². The molecule has 0 saturated heterocycles. The molecule has 0 saturated carbocycles. The van der Waals surface area contributed by atoms with Gasteiger partial charge in [-0.25, -0.2) is 9.78 Å². The van der Waals surface area contributed by atoms with E-state index < -0.39 is 12.1 Å². The number of nitrogens with zero attached hydrogens (tertiary/aromatic N) is 3. The second kappa shape index (κ2) is 7.51. The Morgan fingerprint density at radius 3 is 2.36 bits per heavy atom. The largest absolute Gasteiger partial charge is 0.481 e. The predicted molar refractivity (Wildman–Crippen MR) is 101 cm³/mol. The fourth-order valence-corrected chi connectivity index (χ4v) is 3.40. The molecule has 0 atom stereocenters. The average Bonchev–Trinajstić information content (AvgIpc) is 3.27. The van der Waals surface area contributed by atoms with Gasteiger partial charge in [0, 0.05) is 5.92 Å². The minimum atomic E-state index is -0.929. The molecule has 8 heteroatoms. The number of aromatic nitrogens is 3. The van der Waals surface area contributed by atoms with E-state index in [9.17, 15) is 9.59 Å². The molecule has 28 heavy (non-hydrogen) atoms. The van der Waals surface area contributed by atoms with Gasteiger partial charge in [-0.2, -0.15) is 0 Å². The van der Waals surface area contributed by atoms with E-state index in [1.165, 1.54) is 11.0 Å². The van der Waals surface area contributed by atoms with Crippen molar-refractivity contribution in [2.75, 3.05) is 11.9 Å². The molecule has 4 rings (SSSR count). The van der Waals surface area contributed by atoms with Gasteiger partial charge in [0.2, 0.25) is 0 Å². The summed E-state index contributed by atoms with van der Waals surface area (Å²) >= 11 is 0. The minimum Gasteiger partial charge on any atom is -0.481 e. The fraction of sp³-hybridized carbons (Fsp3) is 0.200. The number of amides is 1. The lowest BCUT2D eigenvalue weighted by Gasteiger charge is -2.13. The number of carboxylic acids is 1. The molecular formula is C20H18N4O4. The lowest BCUT2D eigenvalue weighted by atomic mass is 9.98. The summed E-state index contributed by atoms with van der Waals surface area (Å²) in [6.07, 6.45) is 0.633. The zero-order chi connectivity index (χ0) is 19.5. The Morgan fingerprint density at radius 2 is 1.71 bits per heavy atom. The maximum absolute atomic E-state index is 12.2. The highest BCUT2D eigenvalue weighted by Crippen LogP contribution is 2.44. The number of aliphatic carboxylic acids is 1. The molecule has 3 aromatic rings. The highest BCUT2D eigenvalue weighted by molar-refractivity contribution is 5.83. The van der Waals surface area contributed by atoms with Crippen molar-refractivity contribution in [3.8, 4) is 11.1 Å². The van der Waals surface area contributed by atoms with Gasteiger partial charge < -0.3 is 9.84 Å². The van der Waals surface area contributed by atoms with E-state index in [4.69, 9.17) is 9.84 Å². The van der Waals surface area contributed by atoms with Crippen molar-refractivity contribution in [2.24, 2.45) is 0 Å². The van der Waals surface area contributed by atoms with Gasteiger partial charge in [0.25, 0.3) is 5.95 Å². The van der Waals surface area contributed by atoms with Crippen LogP contribution >= 0.6 is 0 Å². The Bertz CT molecular complexity index is 985. The van der Waals surface area contributed by atoms with Crippen molar-refractivity contribution >= 4 is 18.0 Å². The highest BCUT2D eigenvalue weighted by atomic mass is 16.5. The second-order valence-electron chi connectivity index (χ2n) is 6.43. The molecular weight excluding hydrogens is 360 g/mol. The molecule has 0 spiro atoms. The zero-order valence-corrected chi connectivity index (χ0v) is 14.9. The number of carbonyl (C=O) groups excluding carboxylic acids is 1. The molecule has 2 N–H and O–H groups in total. The number of aryl methyl sites for hydroxylation is 1. The van der Waals surface area contributed by atoms with Crippen LogP contribution in [0.15, 0.2) is 54.9 Å². The summed E-state index contributed by atoms with van der Waals surface area (Å²) < 4.78 is 6.77. The molecule has 1 heterocycles. The third-order valence-electron chi connectivity index (χ3n) is 4.65. The first-order valence-electron chi connectivity index (χ1n) is 8.85. The normalized spacial score (nSPS) is 12.3. The number of nitrogens with one attached hydrogen (secondary N) is 1. The summed E-state index contributed by atoms with van der Waals surface area (Å²) in [7, 11) is 0. The SMILES string of the molecule is O=C(O)CCn1cnc(NC(=O)OCC2c3ccccc3-c3ccccc32)n1. The van der Waals surface area contributed by atoms with Gasteiger partial charge in [-0.15, -0.1) is 5.10 Å². The fourth-order valence-electron chi connectivity index (χ4n) is 3.40. The zero-order valence-electron chi connectivity index (χ0n) is 14.9. The van der Waals surface area contributed by atoms with Crippen LogP contribution in [0.2, 0.25) is 0 Å². The summed E-state index contributed by atoms with van der Waals surface area (Å²) in [6.45, 7) is 0.369. The van der Waals surface area contributed by atoms with Crippen LogP contribution in [0.5, 0.6) is 0 Å². The first-order chi connectivity index (χ1) is 13.6. The molecule has 0 aliphatic heterocycles. The summed E-state index contributed by atoms with van der Waals surface area (Å²) in [4.78, 5) is 26.7. The predicted octanol–water partition coefficient (Wildman–Crippen LogP) is 3.11. The molecule has 1 aliphatic rings. The first-order valence-corrected chi connectivity index (χ1v) is 8.85. The third-order valence-corrected chi connectivity index (χ3v) is 4.65. The van der Waals surface area contributed by atoms with Crippen molar-refractivity contribution in [3.05, 3.63) is 66.0 Å². The van der Waals surface area contributed by atoms with Gasteiger partial charge >= 0.3 is 12.1 Å². The van der Waals surface area contributed by atoms with Gasteiger partial charge in [0.1, 0.15) is 12.9 Å². The second-order valence-corrected chi connectivity index (χ2v) is 6.43. The van der Waals surface area contributed by atoms with Gasteiger partial charge in [-0.05, 0) is 22.3 Å². The van der Waals surface area contributed by atoms with Crippen molar-refractivity contribution in [2.45, 2.75) is 18.9 Å². The number of anilines is 1. The molecule has 1 aromatic heterocycles.